The molecular formula is C12H16ClFN2O3S. The van der Waals surface area contributed by atoms with E-state index in [1.807, 2.05) is 0 Å². The maximum Gasteiger partial charge on any atom is 0.242 e. The molecular weight excluding hydrogens is 307 g/mol. The highest BCUT2D eigenvalue weighted by molar-refractivity contribution is 7.89. The highest BCUT2D eigenvalue weighted by atomic mass is 35.5. The fraction of sp³-hybridized carbons (Fsp3) is 0.500. The lowest BCUT2D eigenvalue weighted by Gasteiger charge is -2.40. The number of halogens is 2. The first-order valence-electron chi connectivity index (χ1n) is 6.09. The summed E-state index contributed by atoms with van der Waals surface area (Å²) in [6.45, 7) is 0.152. The zero-order chi connectivity index (χ0) is 15.0. The van der Waals surface area contributed by atoms with E-state index in [9.17, 15) is 12.8 Å². The Bertz CT molecular complexity index is 612. The van der Waals surface area contributed by atoms with Crippen molar-refractivity contribution < 1.29 is 17.5 Å². The predicted molar refractivity (Wildman–Crippen MR) is 74.6 cm³/mol. The van der Waals surface area contributed by atoms with Crippen LogP contribution in [0.3, 0.4) is 0 Å². The third-order valence-electron chi connectivity index (χ3n) is 3.62. The topological polar surface area (TPSA) is 81.4 Å². The molecule has 0 bridgehead atoms. The number of hydrogen-bond acceptors (Lipinski definition) is 4. The van der Waals surface area contributed by atoms with Crippen LogP contribution in [-0.2, 0) is 14.8 Å². The first kappa shape index (κ1) is 15.5. The Morgan fingerprint density at radius 3 is 2.65 bits per heavy atom. The zero-order valence-electron chi connectivity index (χ0n) is 10.9. The van der Waals surface area contributed by atoms with Crippen LogP contribution in [0.5, 0.6) is 0 Å². The zero-order valence-corrected chi connectivity index (χ0v) is 12.5. The van der Waals surface area contributed by atoms with Gasteiger partial charge in [-0.2, -0.15) is 0 Å². The summed E-state index contributed by atoms with van der Waals surface area (Å²) in [6.07, 6.45) is 2.59. The van der Waals surface area contributed by atoms with E-state index in [4.69, 9.17) is 22.1 Å². The Labute approximate surface area is 122 Å². The van der Waals surface area contributed by atoms with Crippen LogP contribution in [0.4, 0.5) is 10.1 Å². The molecule has 3 N–H and O–H groups in total. The van der Waals surface area contributed by atoms with Crippen molar-refractivity contribution in [1.29, 1.82) is 0 Å². The van der Waals surface area contributed by atoms with E-state index in [1.165, 1.54) is 0 Å². The van der Waals surface area contributed by atoms with Gasteiger partial charge in [0.05, 0.1) is 16.3 Å². The maximum atomic E-state index is 13.2. The van der Waals surface area contributed by atoms with Crippen LogP contribution >= 0.6 is 11.6 Å². The molecule has 20 heavy (non-hydrogen) atoms. The second-order valence-electron chi connectivity index (χ2n) is 4.87. The normalized spacial score (nSPS) is 17.8. The number of anilines is 1. The fourth-order valence-corrected chi connectivity index (χ4v) is 3.74. The minimum absolute atomic E-state index is 0.152. The quantitative estimate of drug-likeness (QED) is 0.811. The smallest absolute Gasteiger partial charge is 0.242 e. The number of nitrogen functional groups attached to an aromatic ring is 1. The van der Waals surface area contributed by atoms with Gasteiger partial charge in [0.25, 0.3) is 0 Å². The van der Waals surface area contributed by atoms with Crippen LogP contribution in [0, 0.1) is 5.82 Å². The molecule has 0 saturated heterocycles. The summed E-state index contributed by atoms with van der Waals surface area (Å²) >= 11 is 5.77. The summed E-state index contributed by atoms with van der Waals surface area (Å²) in [6, 6.07) is 1.90. The molecule has 0 radical (unpaired) electrons. The number of sulfonamides is 1. The molecule has 5 nitrogen and oxygen atoms in total. The summed E-state index contributed by atoms with van der Waals surface area (Å²) in [5.74, 6) is -0.749. The van der Waals surface area contributed by atoms with Gasteiger partial charge in [-0.3, -0.25) is 0 Å². The lowest BCUT2D eigenvalue weighted by Crippen LogP contribution is -2.49. The standard InChI is InChI=1S/C12H16ClFN2O3S/c1-19-12(3-2-4-12)7-16-20(17,18)11-6-10(15)9(14)5-8(11)13/h5-6,16H,2-4,7,15H2,1H3. The molecule has 1 aromatic carbocycles. The number of benzene rings is 1. The van der Waals surface area contributed by atoms with Crippen molar-refractivity contribution in [2.45, 2.75) is 29.8 Å². The molecule has 2 rings (SSSR count). The Morgan fingerprint density at radius 1 is 1.50 bits per heavy atom. The number of methoxy groups -OCH3 is 1. The van der Waals surface area contributed by atoms with Crippen molar-refractivity contribution in [2.75, 3.05) is 19.4 Å². The molecule has 0 aromatic heterocycles. The molecule has 0 heterocycles. The molecule has 1 fully saturated rings. The van der Waals surface area contributed by atoms with Gasteiger partial charge in [0.15, 0.2) is 0 Å². The van der Waals surface area contributed by atoms with Crippen LogP contribution < -0.4 is 10.5 Å². The summed E-state index contributed by atoms with van der Waals surface area (Å²) < 4.78 is 45.4. The molecule has 1 aliphatic rings. The third kappa shape index (κ3) is 2.90. The number of nitrogens with two attached hydrogens (primary N) is 1. The van der Waals surface area contributed by atoms with Crippen molar-refractivity contribution in [3.8, 4) is 0 Å². The lowest BCUT2D eigenvalue weighted by atomic mass is 9.80. The van der Waals surface area contributed by atoms with E-state index in [-0.39, 0.29) is 22.2 Å². The number of ether oxygens (including phenoxy) is 1. The van der Waals surface area contributed by atoms with Gasteiger partial charge < -0.3 is 10.5 Å². The number of nitrogens with one attached hydrogen (secondary N) is 1. The summed E-state index contributed by atoms with van der Waals surface area (Å²) in [5, 5.41) is -0.204. The van der Waals surface area contributed by atoms with Crippen molar-refractivity contribution >= 4 is 27.3 Å². The Morgan fingerprint density at radius 2 is 2.15 bits per heavy atom. The van der Waals surface area contributed by atoms with Gasteiger partial charge in [0.1, 0.15) is 10.7 Å². The Kier molecular flexibility index (Phi) is 4.24. The van der Waals surface area contributed by atoms with Crippen LogP contribution in [-0.4, -0.2) is 27.7 Å². The molecule has 112 valence electrons. The van der Waals surface area contributed by atoms with E-state index >= 15 is 0 Å². The molecule has 0 amide bonds. The van der Waals surface area contributed by atoms with E-state index < -0.39 is 21.4 Å². The monoisotopic (exact) mass is 322 g/mol. The maximum absolute atomic E-state index is 13.2. The van der Waals surface area contributed by atoms with Crippen LogP contribution in [0.15, 0.2) is 17.0 Å². The Balaban J connectivity index is 2.20. The minimum atomic E-state index is -3.86. The van der Waals surface area contributed by atoms with Gasteiger partial charge in [-0.05, 0) is 31.4 Å². The number of rotatable bonds is 5. The third-order valence-corrected chi connectivity index (χ3v) is 5.49. The first-order chi connectivity index (χ1) is 9.30. The molecule has 1 aromatic rings. The second-order valence-corrected chi connectivity index (χ2v) is 7.01. The summed E-state index contributed by atoms with van der Waals surface area (Å²) in [4.78, 5) is -0.233. The van der Waals surface area contributed by atoms with Gasteiger partial charge >= 0.3 is 0 Å². The fourth-order valence-electron chi connectivity index (χ4n) is 2.08. The van der Waals surface area contributed by atoms with Crippen molar-refractivity contribution in [1.82, 2.24) is 4.72 Å². The van der Waals surface area contributed by atoms with E-state index in [0.29, 0.717) is 0 Å². The average molecular weight is 323 g/mol. The van der Waals surface area contributed by atoms with Crippen molar-refractivity contribution in [3.63, 3.8) is 0 Å². The van der Waals surface area contributed by atoms with Gasteiger partial charge in [-0.15, -0.1) is 0 Å². The van der Waals surface area contributed by atoms with E-state index in [0.717, 1.165) is 31.4 Å². The van der Waals surface area contributed by atoms with E-state index in [2.05, 4.69) is 4.72 Å². The second kappa shape index (κ2) is 5.48. The first-order valence-corrected chi connectivity index (χ1v) is 7.95. The molecule has 1 aliphatic carbocycles. The Hall–Kier alpha value is -0.890. The SMILES string of the molecule is COC1(CNS(=O)(=O)c2cc(N)c(F)cc2Cl)CCC1. The minimum Gasteiger partial charge on any atom is -0.396 e. The molecule has 0 spiro atoms. The molecule has 0 unspecified atom stereocenters. The lowest BCUT2D eigenvalue weighted by molar-refractivity contribution is -0.0659. The molecule has 0 aliphatic heterocycles. The summed E-state index contributed by atoms with van der Waals surface area (Å²) in [5.41, 5.74) is 4.66. The summed E-state index contributed by atoms with van der Waals surface area (Å²) in [7, 11) is -2.31. The highest BCUT2D eigenvalue weighted by Gasteiger charge is 2.38. The highest BCUT2D eigenvalue weighted by Crippen LogP contribution is 2.35. The predicted octanol–water partition coefficient (Wildman–Crippen LogP) is 1.91. The van der Waals surface area contributed by atoms with Gasteiger partial charge in [0.2, 0.25) is 10.0 Å². The van der Waals surface area contributed by atoms with Crippen molar-refractivity contribution in [2.24, 2.45) is 0 Å². The molecule has 8 heteroatoms. The number of hydrogen-bond donors (Lipinski definition) is 2. The largest absolute Gasteiger partial charge is 0.396 e. The van der Waals surface area contributed by atoms with E-state index in [1.54, 1.807) is 7.11 Å². The molecule has 1 saturated carbocycles. The van der Waals surface area contributed by atoms with Crippen LogP contribution in [0.1, 0.15) is 19.3 Å². The van der Waals surface area contributed by atoms with Crippen LogP contribution in [0.2, 0.25) is 5.02 Å². The van der Waals surface area contributed by atoms with Gasteiger partial charge in [0, 0.05) is 13.7 Å². The average Bonchev–Trinajstić information content (AvgIpc) is 2.32. The van der Waals surface area contributed by atoms with Crippen LogP contribution in [0.25, 0.3) is 0 Å². The van der Waals surface area contributed by atoms with Gasteiger partial charge in [-0.25, -0.2) is 17.5 Å². The van der Waals surface area contributed by atoms with Crippen molar-refractivity contribution in [3.05, 3.63) is 23.0 Å². The molecule has 0 atom stereocenters. The van der Waals surface area contributed by atoms with Gasteiger partial charge in [-0.1, -0.05) is 11.6 Å².